The Kier molecular flexibility index (Phi) is 21.1. The van der Waals surface area contributed by atoms with E-state index in [2.05, 4.69) is 26.0 Å². The molecule has 0 saturated heterocycles. The van der Waals surface area contributed by atoms with Gasteiger partial charge in [-0.2, -0.15) is 0 Å². The fraction of sp³-hybridized carbons (Fsp3) is 0.630. The molecule has 34 heavy (non-hydrogen) atoms. The Morgan fingerprint density at radius 2 is 1.71 bits per heavy atom. The molecule has 0 aromatic heterocycles. The van der Waals surface area contributed by atoms with Crippen LogP contribution in [0.3, 0.4) is 0 Å². The van der Waals surface area contributed by atoms with Crippen LogP contribution in [0.5, 0.6) is 0 Å². The fourth-order valence-electron chi connectivity index (χ4n) is 3.33. The molecule has 1 unspecified atom stereocenters. The number of methoxy groups -OCH3 is 2. The van der Waals surface area contributed by atoms with Crippen molar-refractivity contribution in [3.63, 3.8) is 0 Å². The number of rotatable bonds is 12. The minimum Gasteiger partial charge on any atom is -0.512 e. The van der Waals surface area contributed by atoms with E-state index >= 15 is 0 Å². The van der Waals surface area contributed by atoms with Gasteiger partial charge in [0.1, 0.15) is 6.35 Å². The maximum absolute atomic E-state index is 10.3. The Balaban J connectivity index is 0. The summed E-state index contributed by atoms with van der Waals surface area (Å²) in [5, 5.41) is 10.3. The average molecular weight is 501 g/mol. The van der Waals surface area contributed by atoms with Gasteiger partial charge in [0, 0.05) is 19.3 Å². The summed E-state index contributed by atoms with van der Waals surface area (Å²) in [6, 6.07) is 0. The number of hydrogen-bond acceptors (Lipinski definition) is 6. The van der Waals surface area contributed by atoms with Crippen LogP contribution in [0, 0.1) is 5.92 Å². The second-order valence-electron chi connectivity index (χ2n) is 7.53. The van der Waals surface area contributed by atoms with E-state index in [-0.39, 0.29) is 18.4 Å². The van der Waals surface area contributed by atoms with Gasteiger partial charge in [-0.15, -0.1) is 0 Å². The molecule has 1 rings (SSSR count). The molecule has 0 amide bonds. The van der Waals surface area contributed by atoms with Crippen molar-refractivity contribution in [3.05, 3.63) is 58.3 Å². The lowest BCUT2D eigenvalue weighted by molar-refractivity contribution is 0.124. The van der Waals surface area contributed by atoms with Gasteiger partial charge in [0.2, 0.25) is 0 Å². The van der Waals surface area contributed by atoms with Crippen LogP contribution in [-0.2, 0) is 14.2 Å². The lowest BCUT2D eigenvalue weighted by Crippen LogP contribution is -2.08. The molecule has 0 saturated carbocycles. The van der Waals surface area contributed by atoms with Crippen LogP contribution >= 0.6 is 8.38 Å². The van der Waals surface area contributed by atoms with E-state index < -0.39 is 8.38 Å². The third-order valence-electron chi connectivity index (χ3n) is 4.84. The Morgan fingerprint density at radius 1 is 1.09 bits per heavy atom. The first-order chi connectivity index (χ1) is 16.2. The molecule has 1 aliphatic carbocycles. The van der Waals surface area contributed by atoms with Gasteiger partial charge in [0.25, 0.3) is 0 Å². The molecule has 1 atom stereocenters. The second kappa shape index (κ2) is 20.8. The minimum absolute atomic E-state index is 0.101. The molecule has 0 aromatic rings. The van der Waals surface area contributed by atoms with Crippen LogP contribution in [-0.4, -0.2) is 41.6 Å². The quantitative estimate of drug-likeness (QED) is 0.188. The first-order valence-electron chi connectivity index (χ1n) is 12.3. The molecule has 0 spiro atoms. The van der Waals surface area contributed by atoms with E-state index in [4.69, 9.17) is 24.0 Å². The summed E-state index contributed by atoms with van der Waals surface area (Å²) in [5.41, 5.74) is 3.15. The molecule has 0 heterocycles. The van der Waals surface area contributed by atoms with E-state index in [1.165, 1.54) is 0 Å². The zero-order valence-corrected chi connectivity index (χ0v) is 23.9. The highest BCUT2D eigenvalue weighted by Crippen LogP contribution is 2.30. The van der Waals surface area contributed by atoms with Crippen LogP contribution in [0.1, 0.15) is 81.1 Å². The summed E-state index contributed by atoms with van der Waals surface area (Å²) >= 11 is 0. The highest BCUT2D eigenvalue weighted by Gasteiger charge is 2.16. The highest BCUT2D eigenvalue weighted by molar-refractivity contribution is 7.44. The summed E-state index contributed by atoms with van der Waals surface area (Å²) in [4.78, 5) is 18.1. The number of aliphatic hydroxyl groups excluding tert-OH is 1. The molecular weight excluding hydrogens is 451 g/mol. The minimum atomic E-state index is -2.08. The molecule has 1 aliphatic rings. The molecule has 0 bridgehead atoms. The third kappa shape index (κ3) is 14.0. The molecule has 0 radical (unpaired) electrons. The monoisotopic (exact) mass is 500 g/mol. The van der Waals surface area contributed by atoms with Crippen LogP contribution in [0.15, 0.2) is 58.3 Å². The lowest BCUT2D eigenvalue weighted by Gasteiger charge is -2.18. The van der Waals surface area contributed by atoms with Crippen molar-refractivity contribution in [3.8, 4) is 0 Å². The first kappa shape index (κ1) is 34.6. The SMILES string of the molecule is CC.CC.CC/C(OC)=C(/CC1=CC(C(C)C)=C(O)CC=C1)C/C(=C\C(C)OCP(O)O)OC. The average Bonchev–Trinajstić information content (AvgIpc) is 3.01. The molecule has 6 nitrogen and oxygen atoms in total. The van der Waals surface area contributed by atoms with Crippen LogP contribution in [0.4, 0.5) is 0 Å². The Bertz CT molecular complexity index is 696. The van der Waals surface area contributed by atoms with Gasteiger partial charge < -0.3 is 29.1 Å². The second-order valence-corrected chi connectivity index (χ2v) is 8.53. The van der Waals surface area contributed by atoms with Gasteiger partial charge in [-0.05, 0) is 42.1 Å². The van der Waals surface area contributed by atoms with E-state index in [9.17, 15) is 5.11 Å². The van der Waals surface area contributed by atoms with Crippen molar-refractivity contribution in [2.75, 3.05) is 20.6 Å². The smallest absolute Gasteiger partial charge is 0.192 e. The number of ether oxygens (including phenoxy) is 3. The topological polar surface area (TPSA) is 88.4 Å². The molecule has 3 N–H and O–H groups in total. The summed E-state index contributed by atoms with van der Waals surface area (Å²) in [6.45, 7) is 16.0. The fourth-order valence-corrected chi connectivity index (χ4v) is 3.70. The summed E-state index contributed by atoms with van der Waals surface area (Å²) in [5.74, 6) is 2.27. The predicted molar refractivity (Wildman–Crippen MR) is 144 cm³/mol. The zero-order chi connectivity index (χ0) is 26.7. The standard InChI is InChI=1S/C23H37O6P.2C2H6/c1-7-23(28-6)19(14-20(27-5)11-17(4)29-15-30(25)26)12-18-9-8-10-22(24)21(13-18)16(2)3;2*1-2/h8-9,11,13,16-17,24-26H,7,10,12,14-15H2,1-6H3;2*1-2H3/b20-11+,23-19+;;. The normalized spacial score (nSPS) is 15.5. The molecule has 0 fully saturated rings. The van der Waals surface area contributed by atoms with Crippen molar-refractivity contribution in [2.45, 2.75) is 87.2 Å². The molecule has 0 aromatic carbocycles. The van der Waals surface area contributed by atoms with Crippen LogP contribution < -0.4 is 0 Å². The van der Waals surface area contributed by atoms with Gasteiger partial charge >= 0.3 is 0 Å². The van der Waals surface area contributed by atoms with Gasteiger partial charge in [-0.25, -0.2) is 0 Å². The van der Waals surface area contributed by atoms with Crippen molar-refractivity contribution in [1.82, 2.24) is 0 Å². The zero-order valence-electron chi connectivity index (χ0n) is 23.0. The van der Waals surface area contributed by atoms with Gasteiger partial charge in [0.05, 0.1) is 37.6 Å². The van der Waals surface area contributed by atoms with Crippen LogP contribution in [0.25, 0.3) is 0 Å². The highest BCUT2D eigenvalue weighted by atomic mass is 31.2. The molecular formula is C27H49O6P. The summed E-state index contributed by atoms with van der Waals surface area (Å²) < 4.78 is 16.6. The summed E-state index contributed by atoms with van der Waals surface area (Å²) in [7, 11) is 1.20. The Labute approximate surface area is 209 Å². The van der Waals surface area contributed by atoms with E-state index in [1.807, 2.05) is 53.7 Å². The number of aliphatic hydroxyl groups is 1. The van der Waals surface area contributed by atoms with Gasteiger partial charge in [-0.3, -0.25) is 0 Å². The first-order valence-corrected chi connectivity index (χ1v) is 13.7. The van der Waals surface area contributed by atoms with Crippen LogP contribution in [0.2, 0.25) is 0 Å². The van der Waals surface area contributed by atoms with Gasteiger partial charge in [-0.1, -0.05) is 66.7 Å². The van der Waals surface area contributed by atoms with Crippen molar-refractivity contribution >= 4 is 8.38 Å². The lowest BCUT2D eigenvalue weighted by atomic mass is 9.94. The predicted octanol–water partition coefficient (Wildman–Crippen LogP) is 7.67. The number of hydrogen-bond donors (Lipinski definition) is 3. The third-order valence-corrected chi connectivity index (χ3v) is 5.22. The van der Waals surface area contributed by atoms with Crippen molar-refractivity contribution < 1.29 is 29.1 Å². The van der Waals surface area contributed by atoms with Crippen molar-refractivity contribution in [1.29, 1.82) is 0 Å². The maximum atomic E-state index is 10.3. The maximum Gasteiger partial charge on any atom is 0.192 e. The van der Waals surface area contributed by atoms with Crippen molar-refractivity contribution in [2.24, 2.45) is 5.92 Å². The molecule has 0 aliphatic heterocycles. The summed E-state index contributed by atoms with van der Waals surface area (Å²) in [6.07, 6.45) is 10.0. The van der Waals surface area contributed by atoms with E-state index in [1.54, 1.807) is 14.2 Å². The largest absolute Gasteiger partial charge is 0.512 e. The molecule has 198 valence electrons. The number of allylic oxidation sites excluding steroid dienone is 7. The van der Waals surface area contributed by atoms with E-state index in [0.29, 0.717) is 25.0 Å². The molecule has 7 heteroatoms. The van der Waals surface area contributed by atoms with Gasteiger partial charge in [0.15, 0.2) is 8.38 Å². The Morgan fingerprint density at radius 3 is 2.18 bits per heavy atom. The van der Waals surface area contributed by atoms with E-state index in [0.717, 1.165) is 34.7 Å². The Hall–Kier alpha value is -1.59.